The topological polar surface area (TPSA) is 66.6 Å². The molecule has 0 amide bonds. The summed E-state index contributed by atoms with van der Waals surface area (Å²) in [6.45, 7) is 2.13. The maximum atomic E-state index is 5.59. The number of hydrogen-bond acceptors (Lipinski definition) is 5. The number of aromatic nitrogens is 1. The van der Waals surface area contributed by atoms with E-state index in [-0.39, 0.29) is 0 Å². The van der Waals surface area contributed by atoms with E-state index in [1.54, 1.807) is 25.4 Å². The van der Waals surface area contributed by atoms with Crippen molar-refractivity contribution in [2.45, 2.75) is 0 Å². The quantitative estimate of drug-likeness (QED) is 0.674. The molecule has 5 heteroatoms. The Labute approximate surface area is 89.2 Å². The van der Waals surface area contributed by atoms with Gasteiger partial charge < -0.3 is 19.9 Å². The molecule has 2 N–H and O–H groups in total. The molecule has 0 spiro atoms. The van der Waals surface area contributed by atoms with E-state index in [1.165, 1.54) is 0 Å². The molecule has 15 heavy (non-hydrogen) atoms. The van der Waals surface area contributed by atoms with E-state index >= 15 is 0 Å². The number of hydrogen-bond donors (Lipinski definition) is 1. The van der Waals surface area contributed by atoms with Gasteiger partial charge in [-0.2, -0.15) is 0 Å². The van der Waals surface area contributed by atoms with Crippen LogP contribution in [0, 0.1) is 0 Å². The number of pyridine rings is 1. The third-order valence-electron chi connectivity index (χ3n) is 1.72. The van der Waals surface area contributed by atoms with Crippen LogP contribution in [0.1, 0.15) is 0 Å². The van der Waals surface area contributed by atoms with E-state index in [0.717, 1.165) is 0 Å². The number of ether oxygens (including phenoxy) is 3. The maximum absolute atomic E-state index is 5.59. The standard InChI is InChI=1S/C10H16N2O3/c1-13-5-6-14-7-8-15-9-3-2-4-12-10(9)11/h2-4H,5-8H2,1H3,(H2,11,12). The van der Waals surface area contributed by atoms with Gasteiger partial charge in [0.15, 0.2) is 11.6 Å². The van der Waals surface area contributed by atoms with Crippen molar-refractivity contribution in [1.82, 2.24) is 4.98 Å². The van der Waals surface area contributed by atoms with Gasteiger partial charge in [0.1, 0.15) is 6.61 Å². The molecule has 0 bridgehead atoms. The Bertz CT molecular complexity index is 281. The molecule has 0 atom stereocenters. The van der Waals surface area contributed by atoms with Crippen LogP contribution in [0.15, 0.2) is 18.3 Å². The molecule has 84 valence electrons. The van der Waals surface area contributed by atoms with Crippen LogP contribution in [0.3, 0.4) is 0 Å². The Hall–Kier alpha value is -1.33. The lowest BCUT2D eigenvalue weighted by atomic mass is 10.4. The highest BCUT2D eigenvalue weighted by Crippen LogP contribution is 2.16. The Morgan fingerprint density at radius 1 is 1.27 bits per heavy atom. The van der Waals surface area contributed by atoms with Crippen LogP contribution in [-0.2, 0) is 9.47 Å². The zero-order valence-corrected chi connectivity index (χ0v) is 8.81. The van der Waals surface area contributed by atoms with Gasteiger partial charge in [0.25, 0.3) is 0 Å². The second-order valence-corrected chi connectivity index (χ2v) is 2.84. The summed E-state index contributed by atoms with van der Waals surface area (Å²) in [5, 5.41) is 0. The highest BCUT2D eigenvalue weighted by Gasteiger charge is 1.98. The largest absolute Gasteiger partial charge is 0.487 e. The molecule has 1 aromatic rings. The number of anilines is 1. The lowest BCUT2D eigenvalue weighted by molar-refractivity contribution is 0.0545. The second-order valence-electron chi connectivity index (χ2n) is 2.84. The van der Waals surface area contributed by atoms with Crippen LogP contribution in [-0.4, -0.2) is 38.5 Å². The first kappa shape index (κ1) is 11.7. The van der Waals surface area contributed by atoms with E-state index in [0.29, 0.717) is 38.0 Å². The van der Waals surface area contributed by atoms with Gasteiger partial charge in [-0.1, -0.05) is 0 Å². The fourth-order valence-corrected chi connectivity index (χ4v) is 0.980. The van der Waals surface area contributed by atoms with Crippen LogP contribution in [0.2, 0.25) is 0 Å². The van der Waals surface area contributed by atoms with Crippen molar-refractivity contribution in [1.29, 1.82) is 0 Å². The normalized spacial score (nSPS) is 10.2. The fraction of sp³-hybridized carbons (Fsp3) is 0.500. The zero-order chi connectivity index (χ0) is 10.9. The highest BCUT2D eigenvalue weighted by atomic mass is 16.5. The van der Waals surface area contributed by atoms with E-state index in [9.17, 15) is 0 Å². The van der Waals surface area contributed by atoms with Gasteiger partial charge in [-0.15, -0.1) is 0 Å². The van der Waals surface area contributed by atoms with Crippen LogP contribution in [0.25, 0.3) is 0 Å². The number of methoxy groups -OCH3 is 1. The Kier molecular flexibility index (Phi) is 5.50. The van der Waals surface area contributed by atoms with Gasteiger partial charge >= 0.3 is 0 Å². The first-order valence-corrected chi connectivity index (χ1v) is 4.74. The van der Waals surface area contributed by atoms with Gasteiger partial charge in [-0.25, -0.2) is 4.98 Å². The monoisotopic (exact) mass is 212 g/mol. The molecule has 0 saturated carbocycles. The first-order chi connectivity index (χ1) is 7.34. The predicted molar refractivity (Wildman–Crippen MR) is 56.8 cm³/mol. The second kappa shape index (κ2) is 7.03. The molecule has 1 aromatic heterocycles. The van der Waals surface area contributed by atoms with E-state index in [1.807, 2.05) is 0 Å². The Balaban J connectivity index is 2.12. The average molecular weight is 212 g/mol. The number of rotatable bonds is 7. The number of nitrogens with zero attached hydrogens (tertiary/aromatic N) is 1. The maximum Gasteiger partial charge on any atom is 0.166 e. The molecule has 0 radical (unpaired) electrons. The molecule has 0 fully saturated rings. The van der Waals surface area contributed by atoms with E-state index in [4.69, 9.17) is 19.9 Å². The van der Waals surface area contributed by atoms with Crippen molar-refractivity contribution in [3.05, 3.63) is 18.3 Å². The summed E-state index contributed by atoms with van der Waals surface area (Å²) >= 11 is 0. The molecule has 0 aliphatic rings. The van der Waals surface area contributed by atoms with Gasteiger partial charge in [0.2, 0.25) is 0 Å². The fourth-order valence-electron chi connectivity index (χ4n) is 0.980. The lowest BCUT2D eigenvalue weighted by Crippen LogP contribution is -2.10. The zero-order valence-electron chi connectivity index (χ0n) is 8.81. The van der Waals surface area contributed by atoms with Crippen LogP contribution in [0.5, 0.6) is 5.75 Å². The molecular formula is C10H16N2O3. The summed E-state index contributed by atoms with van der Waals surface area (Å²) in [6, 6.07) is 3.55. The summed E-state index contributed by atoms with van der Waals surface area (Å²) in [6.07, 6.45) is 1.62. The van der Waals surface area contributed by atoms with Gasteiger partial charge in [-0.3, -0.25) is 0 Å². The molecule has 5 nitrogen and oxygen atoms in total. The SMILES string of the molecule is COCCOCCOc1cccnc1N. The summed E-state index contributed by atoms with van der Waals surface area (Å²) < 4.78 is 15.4. The van der Waals surface area contributed by atoms with Crippen molar-refractivity contribution < 1.29 is 14.2 Å². The molecule has 1 rings (SSSR count). The average Bonchev–Trinajstić information content (AvgIpc) is 2.25. The Morgan fingerprint density at radius 2 is 2.07 bits per heavy atom. The van der Waals surface area contributed by atoms with Crippen LogP contribution < -0.4 is 10.5 Å². The molecule has 0 aliphatic heterocycles. The molecule has 0 saturated heterocycles. The number of nitrogens with two attached hydrogens (primary N) is 1. The van der Waals surface area contributed by atoms with Crippen molar-refractivity contribution >= 4 is 5.82 Å². The summed E-state index contributed by atoms with van der Waals surface area (Å²) in [5.74, 6) is 0.988. The molecule has 0 aromatic carbocycles. The smallest absolute Gasteiger partial charge is 0.166 e. The van der Waals surface area contributed by atoms with Crippen molar-refractivity contribution in [2.24, 2.45) is 0 Å². The minimum absolute atomic E-state index is 0.398. The molecule has 0 unspecified atom stereocenters. The Morgan fingerprint density at radius 3 is 2.80 bits per heavy atom. The summed E-state index contributed by atoms with van der Waals surface area (Å²) in [4.78, 5) is 3.90. The lowest BCUT2D eigenvalue weighted by Gasteiger charge is -2.07. The van der Waals surface area contributed by atoms with Crippen molar-refractivity contribution in [2.75, 3.05) is 39.3 Å². The van der Waals surface area contributed by atoms with Gasteiger partial charge in [-0.05, 0) is 12.1 Å². The van der Waals surface area contributed by atoms with Crippen LogP contribution >= 0.6 is 0 Å². The highest BCUT2D eigenvalue weighted by molar-refractivity contribution is 5.44. The predicted octanol–water partition coefficient (Wildman–Crippen LogP) is 0.706. The van der Waals surface area contributed by atoms with E-state index < -0.39 is 0 Å². The van der Waals surface area contributed by atoms with Crippen LogP contribution in [0.4, 0.5) is 5.82 Å². The summed E-state index contributed by atoms with van der Waals surface area (Å²) in [7, 11) is 1.64. The van der Waals surface area contributed by atoms with Crippen molar-refractivity contribution in [3.8, 4) is 5.75 Å². The minimum atomic E-state index is 0.398. The van der Waals surface area contributed by atoms with Crippen molar-refractivity contribution in [3.63, 3.8) is 0 Å². The summed E-state index contributed by atoms with van der Waals surface area (Å²) in [5.41, 5.74) is 5.59. The molecule has 1 heterocycles. The third kappa shape index (κ3) is 4.62. The van der Waals surface area contributed by atoms with E-state index in [2.05, 4.69) is 4.98 Å². The first-order valence-electron chi connectivity index (χ1n) is 4.74. The number of nitrogen functional groups attached to an aromatic ring is 1. The van der Waals surface area contributed by atoms with Gasteiger partial charge in [0, 0.05) is 13.3 Å². The minimum Gasteiger partial charge on any atom is -0.487 e. The molecule has 0 aliphatic carbocycles. The molecular weight excluding hydrogens is 196 g/mol. The third-order valence-corrected chi connectivity index (χ3v) is 1.72. The van der Waals surface area contributed by atoms with Gasteiger partial charge in [0.05, 0.1) is 19.8 Å².